The van der Waals surface area contributed by atoms with Gasteiger partial charge in [-0.1, -0.05) is 5.92 Å². The summed E-state index contributed by atoms with van der Waals surface area (Å²) in [5.41, 5.74) is 0.207. The molecule has 1 amide bonds. The highest BCUT2D eigenvalue weighted by molar-refractivity contribution is 7.07. The topological polar surface area (TPSA) is 104 Å². The Bertz CT molecular complexity index is 1030. The zero-order valence-electron chi connectivity index (χ0n) is 13.2. The highest BCUT2D eigenvalue weighted by Gasteiger charge is 2.14. The first kappa shape index (κ1) is 17.3. The summed E-state index contributed by atoms with van der Waals surface area (Å²) in [6.45, 7) is 3.93. The van der Waals surface area contributed by atoms with Crippen molar-refractivity contribution in [2.45, 2.75) is 20.4 Å². The van der Waals surface area contributed by atoms with Gasteiger partial charge >= 0.3 is 0 Å². The van der Waals surface area contributed by atoms with Crippen LogP contribution in [0.5, 0.6) is 0 Å². The number of nitriles is 1. The highest BCUT2D eigenvalue weighted by Crippen LogP contribution is 1.97. The van der Waals surface area contributed by atoms with Gasteiger partial charge in [0.1, 0.15) is 16.6 Å². The van der Waals surface area contributed by atoms with E-state index in [0.717, 1.165) is 17.2 Å². The molecule has 0 saturated heterocycles. The van der Waals surface area contributed by atoms with E-state index < -0.39 is 5.91 Å². The lowest BCUT2D eigenvalue weighted by Crippen LogP contribution is -2.34. The third-order valence-corrected chi connectivity index (χ3v) is 4.26. The van der Waals surface area contributed by atoms with E-state index in [9.17, 15) is 14.9 Å². The molecule has 0 aliphatic carbocycles. The third kappa shape index (κ3) is 3.45. The van der Waals surface area contributed by atoms with Crippen molar-refractivity contribution in [3.05, 3.63) is 37.3 Å². The largest absolute Gasteiger partial charge is 0.348 e. The monoisotopic (exact) mass is 341 g/mol. The number of terminal acetylenes is 1. The molecular weight excluding hydrogens is 326 g/mol. The number of H-pyrrole nitrogens is 1. The predicted octanol–water partition coefficient (Wildman–Crippen LogP) is -0.786. The summed E-state index contributed by atoms with van der Waals surface area (Å²) >= 11 is 1.08. The number of carbonyl (C=O) groups excluding carboxylic acids is 1. The molecular formula is C16H15N5O2S. The van der Waals surface area contributed by atoms with E-state index in [1.807, 2.05) is 6.07 Å². The Kier molecular flexibility index (Phi) is 5.35. The molecule has 0 bridgehead atoms. The fourth-order valence-electron chi connectivity index (χ4n) is 2.05. The minimum atomic E-state index is -0.596. The molecule has 0 unspecified atom stereocenters. The van der Waals surface area contributed by atoms with Gasteiger partial charge in [0.2, 0.25) is 0 Å². The maximum Gasteiger partial charge on any atom is 0.269 e. The van der Waals surface area contributed by atoms with Crippen molar-refractivity contribution in [2.75, 3.05) is 6.54 Å². The van der Waals surface area contributed by atoms with Gasteiger partial charge in [-0.25, -0.2) is 4.98 Å². The van der Waals surface area contributed by atoms with Gasteiger partial charge in [0.25, 0.3) is 11.5 Å². The van der Waals surface area contributed by atoms with E-state index >= 15 is 0 Å². The van der Waals surface area contributed by atoms with Gasteiger partial charge in [-0.05, 0) is 19.9 Å². The minimum absolute atomic E-state index is 0.0112. The number of amides is 1. The second kappa shape index (κ2) is 7.44. The molecule has 2 N–H and O–H groups in total. The van der Waals surface area contributed by atoms with Crippen LogP contribution in [0.1, 0.15) is 18.4 Å². The molecule has 8 heteroatoms. The minimum Gasteiger partial charge on any atom is -0.348 e. The van der Waals surface area contributed by atoms with Crippen molar-refractivity contribution in [3.63, 3.8) is 0 Å². The fourth-order valence-corrected chi connectivity index (χ4v) is 3.20. The molecule has 0 fully saturated rings. The number of carbonyl (C=O) groups is 1. The van der Waals surface area contributed by atoms with Crippen LogP contribution in [0.2, 0.25) is 0 Å². The number of imidazole rings is 1. The lowest BCUT2D eigenvalue weighted by molar-refractivity contribution is -0.115. The first-order valence-corrected chi connectivity index (χ1v) is 7.92. The van der Waals surface area contributed by atoms with Gasteiger partial charge < -0.3 is 10.3 Å². The number of hydrogen-bond donors (Lipinski definition) is 2. The van der Waals surface area contributed by atoms with Gasteiger partial charge in [-0.2, -0.15) is 5.26 Å². The third-order valence-electron chi connectivity index (χ3n) is 3.13. The summed E-state index contributed by atoms with van der Waals surface area (Å²) in [6, 6.07) is 1.86. The molecule has 2 rings (SSSR count). The molecule has 2 heterocycles. The summed E-state index contributed by atoms with van der Waals surface area (Å²) in [5, 5.41) is 11.8. The summed E-state index contributed by atoms with van der Waals surface area (Å²) < 4.78 is 2.10. The first-order chi connectivity index (χ1) is 11.5. The average Bonchev–Trinajstić information content (AvgIpc) is 3.10. The summed E-state index contributed by atoms with van der Waals surface area (Å²) in [5.74, 6) is 2.40. The van der Waals surface area contributed by atoms with Crippen LogP contribution in [0, 0.1) is 30.6 Å². The summed E-state index contributed by atoms with van der Waals surface area (Å²) in [6.07, 6.45) is 8.41. The van der Waals surface area contributed by atoms with Crippen molar-refractivity contribution in [3.8, 4) is 18.4 Å². The van der Waals surface area contributed by atoms with Crippen molar-refractivity contribution < 1.29 is 4.79 Å². The molecule has 0 aliphatic heterocycles. The molecule has 2 aromatic heterocycles. The molecule has 2 aromatic rings. The van der Waals surface area contributed by atoms with Crippen molar-refractivity contribution in [2.24, 2.45) is 0 Å². The van der Waals surface area contributed by atoms with E-state index in [1.165, 1.54) is 4.57 Å². The number of hydrogen-bond acceptors (Lipinski definition) is 5. The van der Waals surface area contributed by atoms with E-state index in [1.54, 1.807) is 26.1 Å². The Labute approximate surface area is 142 Å². The van der Waals surface area contributed by atoms with Gasteiger partial charge in [-0.15, -0.1) is 17.8 Å². The number of aromatic nitrogens is 3. The molecule has 0 saturated carbocycles. The molecule has 0 aromatic carbocycles. The van der Waals surface area contributed by atoms with Gasteiger partial charge in [0.15, 0.2) is 5.57 Å². The first-order valence-electron chi connectivity index (χ1n) is 7.11. The number of rotatable bonds is 4. The maximum atomic E-state index is 12.5. The Balaban J connectivity index is 2.70. The lowest BCUT2D eigenvalue weighted by Gasteiger charge is -2.00. The highest BCUT2D eigenvalue weighted by atomic mass is 32.1. The summed E-state index contributed by atoms with van der Waals surface area (Å²) in [7, 11) is 0. The molecule has 0 radical (unpaired) electrons. The Morgan fingerprint density at radius 2 is 2.38 bits per heavy atom. The number of nitrogens with zero attached hydrogens (tertiary/aromatic N) is 3. The van der Waals surface area contributed by atoms with Crippen molar-refractivity contribution >= 4 is 28.9 Å². The predicted molar refractivity (Wildman–Crippen MR) is 91.3 cm³/mol. The van der Waals surface area contributed by atoms with Gasteiger partial charge in [0.05, 0.1) is 16.8 Å². The lowest BCUT2D eigenvalue weighted by atomic mass is 10.3. The number of aromatic amines is 1. The van der Waals surface area contributed by atoms with Gasteiger partial charge in [-0.3, -0.25) is 14.2 Å². The summed E-state index contributed by atoms with van der Waals surface area (Å²) in [4.78, 5) is 31.7. The zero-order chi connectivity index (χ0) is 17.7. The van der Waals surface area contributed by atoms with Crippen LogP contribution >= 0.6 is 11.3 Å². The number of thiazole rings is 1. The van der Waals surface area contributed by atoms with Crippen LogP contribution in [-0.2, 0) is 11.3 Å². The normalized spacial score (nSPS) is 12.4. The van der Waals surface area contributed by atoms with E-state index in [0.29, 0.717) is 21.4 Å². The Morgan fingerprint density at radius 3 is 2.92 bits per heavy atom. The Morgan fingerprint density at radius 1 is 1.62 bits per heavy atom. The Hall–Kier alpha value is -3.10. The van der Waals surface area contributed by atoms with Crippen LogP contribution in [0.4, 0.5) is 0 Å². The van der Waals surface area contributed by atoms with Crippen LogP contribution < -0.4 is 20.1 Å². The van der Waals surface area contributed by atoms with Crippen LogP contribution in [0.3, 0.4) is 0 Å². The molecule has 122 valence electrons. The zero-order valence-corrected chi connectivity index (χ0v) is 14.0. The molecule has 0 atom stereocenters. The molecule has 0 spiro atoms. The standard InChI is InChI=1S/C16H15N5O2S/c1-4-6-18-14(22)12(8-17)16-21(5-2)15(23)13(24-16)7-11-9-19-10(3)20-11/h1,7,9H,5-6H2,2-3H3,(H,18,22)(H,19,20)/b13-7-,16-12-. The van der Waals surface area contributed by atoms with Crippen molar-refractivity contribution in [1.82, 2.24) is 19.9 Å². The quantitative estimate of drug-likeness (QED) is 0.712. The van der Waals surface area contributed by atoms with Gasteiger partial charge in [0, 0.05) is 12.7 Å². The molecule has 0 aliphatic rings. The second-order valence-corrected chi connectivity index (χ2v) is 5.78. The van der Waals surface area contributed by atoms with Crippen LogP contribution in [0.25, 0.3) is 11.6 Å². The maximum absolute atomic E-state index is 12.5. The average molecular weight is 341 g/mol. The van der Waals surface area contributed by atoms with E-state index in [4.69, 9.17) is 6.42 Å². The molecule has 24 heavy (non-hydrogen) atoms. The molecule has 7 nitrogen and oxygen atoms in total. The van der Waals surface area contributed by atoms with Crippen LogP contribution in [-0.4, -0.2) is 27.0 Å². The SMILES string of the molecule is C#CCNC(=O)/C(C#N)=c1\s/c(=C\c2c[nH]c(C)n2)c(=O)n1CC. The van der Waals surface area contributed by atoms with E-state index in [-0.39, 0.29) is 17.7 Å². The number of nitrogens with one attached hydrogen (secondary N) is 2. The van der Waals surface area contributed by atoms with Crippen LogP contribution in [0.15, 0.2) is 11.0 Å². The van der Waals surface area contributed by atoms with Crippen molar-refractivity contribution in [1.29, 1.82) is 5.26 Å². The number of aryl methyl sites for hydroxylation is 1. The smallest absolute Gasteiger partial charge is 0.269 e. The second-order valence-electron chi connectivity index (χ2n) is 4.75. The van der Waals surface area contributed by atoms with E-state index in [2.05, 4.69) is 21.2 Å². The fraction of sp³-hybridized carbons (Fsp3) is 0.250.